The summed E-state index contributed by atoms with van der Waals surface area (Å²) in [5.74, 6) is -0.0555. The van der Waals surface area contributed by atoms with Gasteiger partial charge in [-0.1, -0.05) is 16.8 Å². The Morgan fingerprint density at radius 3 is 3.00 bits per heavy atom. The van der Waals surface area contributed by atoms with E-state index < -0.39 is 0 Å². The van der Waals surface area contributed by atoms with Crippen LogP contribution < -0.4 is 5.73 Å². The normalized spacial score (nSPS) is 11.7. The maximum Gasteiger partial charge on any atom is 0.188 e. The van der Waals surface area contributed by atoms with Gasteiger partial charge in [0.15, 0.2) is 5.84 Å². The zero-order valence-electron chi connectivity index (χ0n) is 8.08. The summed E-state index contributed by atoms with van der Waals surface area (Å²) in [4.78, 5) is 3.95. The molecule has 0 fully saturated rings. The van der Waals surface area contributed by atoms with E-state index in [0.717, 1.165) is 5.69 Å². The number of rotatable bonds is 2. The summed E-state index contributed by atoms with van der Waals surface area (Å²) in [5.41, 5.74) is 6.52. The maximum absolute atomic E-state index is 8.53. The Morgan fingerprint density at radius 2 is 2.38 bits per heavy atom. The molecule has 0 unspecified atom stereocenters. The average Bonchev–Trinajstić information content (AvgIpc) is 2.75. The van der Waals surface area contributed by atoms with Crippen LogP contribution in [0, 0.1) is 0 Å². The first-order valence-corrected chi connectivity index (χ1v) is 4.73. The highest BCUT2D eigenvalue weighted by Gasteiger charge is 2.04. The summed E-state index contributed by atoms with van der Waals surface area (Å²) in [6.07, 6.45) is 4.70. The van der Waals surface area contributed by atoms with E-state index in [9.17, 15) is 0 Å². The van der Waals surface area contributed by atoms with Gasteiger partial charge in [-0.25, -0.2) is 4.68 Å². The minimum atomic E-state index is -0.0555. The lowest BCUT2D eigenvalue weighted by molar-refractivity contribution is 0.318. The monoisotopic (exact) mass is 237 g/mol. The van der Waals surface area contributed by atoms with Crippen LogP contribution in [0.3, 0.4) is 0 Å². The molecule has 2 aromatic rings. The molecule has 6 nitrogen and oxygen atoms in total. The third-order valence-electron chi connectivity index (χ3n) is 1.93. The molecule has 2 heterocycles. The van der Waals surface area contributed by atoms with Gasteiger partial charge in [0.25, 0.3) is 0 Å². The minimum Gasteiger partial charge on any atom is -0.409 e. The summed E-state index contributed by atoms with van der Waals surface area (Å²) in [6, 6.07) is 3.37. The highest BCUT2D eigenvalue weighted by Crippen LogP contribution is 2.11. The van der Waals surface area contributed by atoms with Gasteiger partial charge in [-0.15, -0.1) is 0 Å². The van der Waals surface area contributed by atoms with E-state index in [-0.39, 0.29) is 5.84 Å². The lowest BCUT2D eigenvalue weighted by Gasteiger charge is -2.02. The highest BCUT2D eigenvalue weighted by atomic mass is 35.5. The largest absolute Gasteiger partial charge is 0.409 e. The van der Waals surface area contributed by atoms with Crippen LogP contribution in [0.25, 0.3) is 5.69 Å². The van der Waals surface area contributed by atoms with E-state index in [2.05, 4.69) is 15.2 Å². The van der Waals surface area contributed by atoms with Crippen LogP contribution in [0.4, 0.5) is 0 Å². The lowest BCUT2D eigenvalue weighted by atomic mass is 10.3. The number of oxime groups is 1. The van der Waals surface area contributed by atoms with E-state index in [0.29, 0.717) is 10.7 Å². The Balaban J connectivity index is 2.43. The molecule has 0 amide bonds. The van der Waals surface area contributed by atoms with Gasteiger partial charge >= 0.3 is 0 Å². The quantitative estimate of drug-likeness (QED) is 0.353. The van der Waals surface area contributed by atoms with Crippen molar-refractivity contribution in [2.45, 2.75) is 0 Å². The first-order chi connectivity index (χ1) is 7.70. The first kappa shape index (κ1) is 10.4. The number of nitrogens with two attached hydrogens (primary N) is 1. The molecule has 0 aliphatic carbocycles. The Hall–Kier alpha value is -2.08. The fourth-order valence-corrected chi connectivity index (χ4v) is 1.33. The van der Waals surface area contributed by atoms with Crippen molar-refractivity contribution in [3.63, 3.8) is 0 Å². The van der Waals surface area contributed by atoms with E-state index in [1.807, 2.05) is 0 Å². The third kappa shape index (κ3) is 1.96. The molecule has 0 saturated heterocycles. The van der Waals surface area contributed by atoms with E-state index in [4.69, 9.17) is 22.5 Å². The molecule has 3 N–H and O–H groups in total. The molecular weight excluding hydrogens is 230 g/mol. The van der Waals surface area contributed by atoms with Crippen LogP contribution in [0.5, 0.6) is 0 Å². The molecule has 2 rings (SSSR count). The summed E-state index contributed by atoms with van der Waals surface area (Å²) in [5, 5.41) is 16.0. The van der Waals surface area contributed by atoms with Crippen molar-refractivity contribution in [2.75, 3.05) is 0 Å². The second-order valence-corrected chi connectivity index (χ2v) is 3.42. The Morgan fingerprint density at radius 1 is 1.56 bits per heavy atom. The first-order valence-electron chi connectivity index (χ1n) is 4.35. The SMILES string of the molecule is NC(=NO)c1cc(-n2cc(Cl)cn2)ccn1. The van der Waals surface area contributed by atoms with Gasteiger partial charge in [0.2, 0.25) is 0 Å². The Labute approximate surface area is 96.0 Å². The molecule has 7 heteroatoms. The summed E-state index contributed by atoms with van der Waals surface area (Å²) < 4.78 is 1.57. The van der Waals surface area contributed by atoms with Gasteiger partial charge in [0, 0.05) is 12.4 Å². The predicted molar refractivity (Wildman–Crippen MR) is 58.9 cm³/mol. The molecule has 0 aliphatic rings. The van der Waals surface area contributed by atoms with Crippen molar-refractivity contribution >= 4 is 17.4 Å². The minimum absolute atomic E-state index is 0.0555. The van der Waals surface area contributed by atoms with Crippen molar-refractivity contribution in [1.29, 1.82) is 0 Å². The summed E-state index contributed by atoms with van der Waals surface area (Å²) >= 11 is 5.75. The predicted octanol–water partition coefficient (Wildman–Crippen LogP) is 1.02. The Bertz CT molecular complexity index is 536. The molecule has 0 bridgehead atoms. The third-order valence-corrected chi connectivity index (χ3v) is 2.12. The molecular formula is C9H8ClN5O. The molecule has 16 heavy (non-hydrogen) atoms. The molecule has 82 valence electrons. The zero-order chi connectivity index (χ0) is 11.5. The van der Waals surface area contributed by atoms with Crippen molar-refractivity contribution < 1.29 is 5.21 Å². The number of halogens is 1. The number of hydrogen-bond donors (Lipinski definition) is 2. The Kier molecular flexibility index (Phi) is 2.74. The van der Waals surface area contributed by atoms with Crippen LogP contribution in [-0.2, 0) is 0 Å². The number of amidine groups is 1. The van der Waals surface area contributed by atoms with Crippen LogP contribution in [0.15, 0.2) is 35.9 Å². The van der Waals surface area contributed by atoms with Gasteiger partial charge in [0.1, 0.15) is 5.69 Å². The molecule has 0 radical (unpaired) electrons. The zero-order valence-corrected chi connectivity index (χ0v) is 8.83. The van der Waals surface area contributed by atoms with Crippen molar-refractivity contribution in [3.05, 3.63) is 41.4 Å². The van der Waals surface area contributed by atoms with Crippen LogP contribution >= 0.6 is 11.6 Å². The van der Waals surface area contributed by atoms with E-state index >= 15 is 0 Å². The van der Waals surface area contributed by atoms with Crippen molar-refractivity contribution in [2.24, 2.45) is 10.9 Å². The molecule has 0 saturated carbocycles. The van der Waals surface area contributed by atoms with Gasteiger partial charge in [-0.3, -0.25) is 4.98 Å². The van der Waals surface area contributed by atoms with Crippen LogP contribution in [0.1, 0.15) is 5.69 Å². The smallest absolute Gasteiger partial charge is 0.188 e. The van der Waals surface area contributed by atoms with E-state index in [1.54, 1.807) is 23.0 Å². The van der Waals surface area contributed by atoms with Crippen molar-refractivity contribution in [3.8, 4) is 5.69 Å². The van der Waals surface area contributed by atoms with Gasteiger partial charge in [-0.2, -0.15) is 5.10 Å². The second-order valence-electron chi connectivity index (χ2n) is 2.99. The average molecular weight is 238 g/mol. The molecule has 0 aliphatic heterocycles. The number of pyridine rings is 1. The van der Waals surface area contributed by atoms with Gasteiger partial charge in [-0.05, 0) is 12.1 Å². The number of hydrogen-bond acceptors (Lipinski definition) is 4. The van der Waals surface area contributed by atoms with Crippen LogP contribution in [-0.4, -0.2) is 25.8 Å². The fraction of sp³-hybridized carbons (Fsp3) is 0. The highest BCUT2D eigenvalue weighted by molar-refractivity contribution is 6.30. The topological polar surface area (TPSA) is 89.3 Å². The number of nitrogens with zero attached hydrogens (tertiary/aromatic N) is 4. The molecule has 0 spiro atoms. The van der Waals surface area contributed by atoms with Gasteiger partial charge in [0.05, 0.1) is 16.9 Å². The van der Waals surface area contributed by atoms with Crippen molar-refractivity contribution in [1.82, 2.24) is 14.8 Å². The summed E-state index contributed by atoms with van der Waals surface area (Å²) in [7, 11) is 0. The summed E-state index contributed by atoms with van der Waals surface area (Å²) in [6.45, 7) is 0. The molecule has 0 aromatic carbocycles. The lowest BCUT2D eigenvalue weighted by Crippen LogP contribution is -2.15. The van der Waals surface area contributed by atoms with E-state index in [1.165, 1.54) is 12.4 Å². The van der Waals surface area contributed by atoms with Crippen LogP contribution in [0.2, 0.25) is 5.02 Å². The standard InChI is InChI=1S/C9H8ClN5O/c10-6-4-13-15(5-6)7-1-2-12-8(3-7)9(11)14-16/h1-5,16H,(H2,11,14). The molecule has 0 atom stereocenters. The van der Waals surface area contributed by atoms with Gasteiger partial charge < -0.3 is 10.9 Å². The molecule has 2 aromatic heterocycles. The number of aromatic nitrogens is 3. The second kappa shape index (κ2) is 4.19. The maximum atomic E-state index is 8.53. The fourth-order valence-electron chi connectivity index (χ4n) is 1.20.